The summed E-state index contributed by atoms with van der Waals surface area (Å²) in [5.41, 5.74) is 8.07. The smallest absolute Gasteiger partial charge is 0.151 e. The lowest BCUT2D eigenvalue weighted by atomic mass is 9.96. The largest absolute Gasteiger partial charge is 0.506 e. The molecular weight excluding hydrogens is 920 g/mol. The van der Waals surface area contributed by atoms with Gasteiger partial charge in [-0.15, -0.1) is 0 Å². The van der Waals surface area contributed by atoms with E-state index in [0.29, 0.717) is 85.8 Å². The van der Waals surface area contributed by atoms with Crippen molar-refractivity contribution >= 4 is 133 Å². The molecule has 59 heavy (non-hydrogen) atoms. The average Bonchev–Trinajstić information content (AvgIpc) is 3.23. The summed E-state index contributed by atoms with van der Waals surface area (Å²) in [5, 5.41) is 28.8. The molecule has 0 aliphatic rings. The summed E-state index contributed by atoms with van der Waals surface area (Å²) >= 11 is 47.1. The Morgan fingerprint density at radius 3 is 1.76 bits per heavy atom. The number of anilines is 2. The number of rotatable bonds is 5. The number of nitrogens with two attached hydrogens (primary N) is 1. The lowest BCUT2D eigenvalue weighted by molar-refractivity contribution is 0.112. The van der Waals surface area contributed by atoms with Gasteiger partial charge in [0.05, 0.1) is 31.2 Å². The third kappa shape index (κ3) is 12.4. The molecule has 5 N–H and O–H groups in total. The number of fused-ring (bicyclic) bond motifs is 2. The number of pyridine rings is 4. The molecule has 0 bridgehead atoms. The molecule has 0 fully saturated rings. The minimum absolute atomic E-state index is 0.0386. The van der Waals surface area contributed by atoms with Crippen molar-refractivity contribution in [3.63, 3.8) is 0 Å². The summed E-state index contributed by atoms with van der Waals surface area (Å²) in [6.45, 7) is 0. The Labute approximate surface area is 378 Å². The van der Waals surface area contributed by atoms with Crippen molar-refractivity contribution < 1.29 is 15.0 Å². The fourth-order valence-corrected chi connectivity index (χ4v) is 6.47. The van der Waals surface area contributed by atoms with Gasteiger partial charge in [-0.25, -0.2) is 9.97 Å². The highest BCUT2D eigenvalue weighted by Gasteiger charge is 2.23. The maximum Gasteiger partial charge on any atom is 0.151 e. The molecule has 17 heteroatoms. The van der Waals surface area contributed by atoms with Crippen LogP contribution in [0.25, 0.3) is 21.8 Å². The van der Waals surface area contributed by atoms with Gasteiger partial charge in [0, 0.05) is 73.9 Å². The molecule has 300 valence electrons. The molecule has 0 aliphatic heterocycles. The van der Waals surface area contributed by atoms with Gasteiger partial charge in [0.2, 0.25) is 0 Å². The molecular formula is C42H28Cl8N6O3. The zero-order chi connectivity index (χ0) is 42.6. The van der Waals surface area contributed by atoms with E-state index in [-0.39, 0.29) is 11.5 Å². The summed E-state index contributed by atoms with van der Waals surface area (Å²) in [4.78, 5) is 26.5. The van der Waals surface area contributed by atoms with Crippen molar-refractivity contribution in [3.8, 4) is 11.5 Å². The van der Waals surface area contributed by atoms with Crippen LogP contribution in [0.15, 0.2) is 128 Å². The fourth-order valence-electron chi connectivity index (χ4n) is 5.20. The van der Waals surface area contributed by atoms with Crippen LogP contribution in [0, 0.1) is 0 Å². The zero-order valence-corrected chi connectivity index (χ0v) is 36.0. The van der Waals surface area contributed by atoms with Crippen LogP contribution in [0.1, 0.15) is 27.5 Å². The molecule has 8 rings (SSSR count). The number of hydrogen-bond donors (Lipinski definition) is 4. The zero-order valence-electron chi connectivity index (χ0n) is 30.0. The van der Waals surface area contributed by atoms with Crippen molar-refractivity contribution in [2.75, 3.05) is 11.1 Å². The number of aldehydes is 1. The number of para-hydroxylation sites is 1. The highest BCUT2D eigenvalue weighted by Crippen LogP contribution is 2.40. The highest BCUT2D eigenvalue weighted by atomic mass is 35.5. The minimum atomic E-state index is -0.572. The Balaban J connectivity index is 0.000000179. The number of benzene rings is 4. The lowest BCUT2D eigenvalue weighted by Gasteiger charge is -2.23. The first-order valence-electron chi connectivity index (χ1n) is 16.8. The Morgan fingerprint density at radius 2 is 1.15 bits per heavy atom. The standard InChI is InChI=1S/C21H13Cl4N3O.C9H7NO.C7H4Cl2O.C5H4Cl2N2/c22-12-4-6-15(23)14(8-12)20(28-18-9-16(24)17(25)10-27-18)13-5-3-11-2-1-7-26-19(11)21(13)29;11-8-5-1-3-7-4-2-6-10-9(7)8;8-6-1-2-7(9)5(3-6)4-10;6-3-1-5(8)9-2-4(3)7/h1-10,20,29H,(H,27,28);1-6,11H;1-4H;1-2H,(H2,8,9). The van der Waals surface area contributed by atoms with Crippen LogP contribution in [-0.4, -0.2) is 36.4 Å². The fraction of sp³-hybridized carbons (Fsp3) is 0.0238. The van der Waals surface area contributed by atoms with Crippen molar-refractivity contribution in [1.82, 2.24) is 19.9 Å². The number of hydrogen-bond acceptors (Lipinski definition) is 9. The molecule has 0 spiro atoms. The first-order chi connectivity index (χ1) is 28.2. The van der Waals surface area contributed by atoms with Gasteiger partial charge in [-0.05, 0) is 60.2 Å². The van der Waals surface area contributed by atoms with Crippen LogP contribution in [-0.2, 0) is 0 Å². The molecule has 0 aliphatic carbocycles. The number of phenolic OH excluding ortho intramolecular Hbond substituents is 2. The predicted octanol–water partition coefficient (Wildman–Crippen LogP) is 13.9. The van der Waals surface area contributed by atoms with E-state index in [4.69, 9.17) is 98.5 Å². The number of nitrogen functional groups attached to an aromatic ring is 1. The SMILES string of the molecule is Nc1cc(Cl)c(Cl)cn1.O=Cc1cc(Cl)ccc1Cl.Oc1c(C(Nc2cc(Cl)c(Cl)cn2)c2cc(Cl)ccc2Cl)ccc2cccnc12.Oc1cccc2cccnc12. The quantitative estimate of drug-likeness (QED) is 0.124. The Bertz CT molecular complexity index is 2740. The number of nitrogens with zero attached hydrogens (tertiary/aromatic N) is 4. The maximum atomic E-state index is 11.0. The Kier molecular flexibility index (Phi) is 16.5. The van der Waals surface area contributed by atoms with Crippen LogP contribution in [0.4, 0.5) is 11.6 Å². The summed E-state index contributed by atoms with van der Waals surface area (Å²) in [6, 6.07) is 28.9. The highest BCUT2D eigenvalue weighted by molar-refractivity contribution is 6.42. The number of aromatic hydroxyl groups is 2. The van der Waals surface area contributed by atoms with Gasteiger partial charge in [0.15, 0.2) is 6.29 Å². The lowest BCUT2D eigenvalue weighted by Crippen LogP contribution is -2.14. The second-order valence-corrected chi connectivity index (χ2v) is 15.3. The molecule has 0 amide bonds. The number of carbonyl (C=O) groups excluding carboxylic acids is 1. The second kappa shape index (κ2) is 21.4. The summed E-state index contributed by atoms with van der Waals surface area (Å²) in [6.07, 6.45) is 6.83. The molecule has 4 aromatic heterocycles. The van der Waals surface area contributed by atoms with Gasteiger partial charge in [0.25, 0.3) is 0 Å². The minimum Gasteiger partial charge on any atom is -0.506 e. The van der Waals surface area contributed by atoms with Gasteiger partial charge in [0.1, 0.15) is 34.2 Å². The molecule has 1 atom stereocenters. The molecule has 9 nitrogen and oxygen atoms in total. The Morgan fingerprint density at radius 1 is 0.559 bits per heavy atom. The molecule has 0 radical (unpaired) electrons. The van der Waals surface area contributed by atoms with Crippen molar-refractivity contribution in [3.05, 3.63) is 185 Å². The Hall–Kier alpha value is -4.81. The number of halogens is 8. The van der Waals surface area contributed by atoms with Crippen LogP contribution in [0.3, 0.4) is 0 Å². The third-order valence-electron chi connectivity index (χ3n) is 7.99. The van der Waals surface area contributed by atoms with Crippen LogP contribution < -0.4 is 11.1 Å². The van der Waals surface area contributed by atoms with Gasteiger partial charge < -0.3 is 21.3 Å². The van der Waals surface area contributed by atoms with E-state index in [2.05, 4.69) is 25.3 Å². The van der Waals surface area contributed by atoms with Crippen LogP contribution in [0.5, 0.6) is 11.5 Å². The first kappa shape index (κ1) is 45.3. The van der Waals surface area contributed by atoms with Crippen LogP contribution >= 0.6 is 92.8 Å². The van der Waals surface area contributed by atoms with Gasteiger partial charge in [-0.2, -0.15) is 0 Å². The van der Waals surface area contributed by atoms with E-state index >= 15 is 0 Å². The monoisotopic (exact) mass is 944 g/mol. The van der Waals surface area contributed by atoms with E-state index in [1.54, 1.807) is 60.9 Å². The summed E-state index contributed by atoms with van der Waals surface area (Å²) < 4.78 is 0. The number of nitrogens with one attached hydrogen (secondary N) is 1. The van der Waals surface area contributed by atoms with Gasteiger partial charge in [-0.3, -0.25) is 14.8 Å². The first-order valence-corrected chi connectivity index (χ1v) is 19.9. The second-order valence-electron chi connectivity index (χ2n) is 12.0. The predicted molar refractivity (Wildman–Crippen MR) is 244 cm³/mol. The van der Waals surface area contributed by atoms with E-state index in [9.17, 15) is 15.0 Å². The van der Waals surface area contributed by atoms with E-state index < -0.39 is 6.04 Å². The van der Waals surface area contributed by atoms with Crippen LogP contribution in [0.2, 0.25) is 40.2 Å². The molecule has 4 heterocycles. The number of phenols is 2. The van der Waals surface area contributed by atoms with Gasteiger partial charge in [-0.1, -0.05) is 129 Å². The van der Waals surface area contributed by atoms with E-state index in [0.717, 1.165) is 10.8 Å². The molecule has 0 saturated carbocycles. The third-order valence-corrected chi connectivity index (χ3v) is 10.6. The number of carbonyl (C=O) groups is 1. The average molecular weight is 948 g/mol. The van der Waals surface area contributed by atoms with Gasteiger partial charge >= 0.3 is 0 Å². The molecule has 1 unspecified atom stereocenters. The molecule has 8 aromatic rings. The topological polar surface area (TPSA) is 147 Å². The normalized spacial score (nSPS) is 10.9. The van der Waals surface area contributed by atoms with E-state index in [1.165, 1.54) is 24.5 Å². The molecule has 4 aromatic carbocycles. The van der Waals surface area contributed by atoms with Crippen molar-refractivity contribution in [1.29, 1.82) is 0 Å². The molecule has 0 saturated heterocycles. The summed E-state index contributed by atoms with van der Waals surface area (Å²) in [5.74, 6) is 1.12. The number of aromatic nitrogens is 4. The van der Waals surface area contributed by atoms with E-state index in [1.807, 2.05) is 42.5 Å². The van der Waals surface area contributed by atoms with Crippen molar-refractivity contribution in [2.24, 2.45) is 0 Å². The van der Waals surface area contributed by atoms with Crippen molar-refractivity contribution in [2.45, 2.75) is 6.04 Å². The maximum absolute atomic E-state index is 11.0. The summed E-state index contributed by atoms with van der Waals surface area (Å²) in [7, 11) is 0.